The standard InChI is InChI=1S/C21H21N3O2/c1-14(20-22-13-18(24-20)16-8-3-2-4-9-16)23-21(25)19-17-10-6-5-7-15(17)11-12-26-19/h2-10,13-14,19H,11-12H2,1H3,(H,22,24)(H,23,25)/t14-,19+/m1/s1. The van der Waals surface area contributed by atoms with E-state index in [1.54, 1.807) is 6.20 Å². The van der Waals surface area contributed by atoms with E-state index in [0.717, 1.165) is 29.1 Å². The molecule has 1 aliphatic heterocycles. The molecular weight excluding hydrogens is 326 g/mol. The SMILES string of the molecule is C[C@@H](NC(=O)[C@H]1OCCc2ccccc21)c1ncc(-c2ccccc2)[nH]1. The van der Waals surface area contributed by atoms with Gasteiger partial charge in [-0.3, -0.25) is 4.79 Å². The van der Waals surface area contributed by atoms with Crippen molar-refractivity contribution in [2.45, 2.75) is 25.5 Å². The number of nitrogens with one attached hydrogen (secondary N) is 2. The molecule has 5 heteroatoms. The normalized spacial score (nSPS) is 17.3. The molecule has 132 valence electrons. The number of carbonyl (C=O) groups is 1. The van der Waals surface area contributed by atoms with Crippen LogP contribution in [0.4, 0.5) is 0 Å². The van der Waals surface area contributed by atoms with E-state index >= 15 is 0 Å². The molecule has 2 atom stereocenters. The number of fused-ring (bicyclic) bond motifs is 1. The molecule has 4 rings (SSSR count). The number of H-pyrrole nitrogens is 1. The van der Waals surface area contributed by atoms with Crippen LogP contribution in [-0.4, -0.2) is 22.5 Å². The number of nitrogens with zero attached hydrogens (tertiary/aromatic N) is 1. The van der Waals surface area contributed by atoms with Crippen molar-refractivity contribution >= 4 is 5.91 Å². The van der Waals surface area contributed by atoms with Gasteiger partial charge in [0.25, 0.3) is 5.91 Å². The van der Waals surface area contributed by atoms with E-state index in [1.165, 1.54) is 5.56 Å². The fourth-order valence-electron chi connectivity index (χ4n) is 3.29. The van der Waals surface area contributed by atoms with Gasteiger partial charge in [-0.2, -0.15) is 0 Å². The van der Waals surface area contributed by atoms with Gasteiger partial charge in [0.15, 0.2) is 6.10 Å². The van der Waals surface area contributed by atoms with Gasteiger partial charge < -0.3 is 15.0 Å². The topological polar surface area (TPSA) is 67.0 Å². The van der Waals surface area contributed by atoms with E-state index in [-0.39, 0.29) is 11.9 Å². The first-order valence-corrected chi connectivity index (χ1v) is 8.82. The van der Waals surface area contributed by atoms with E-state index in [0.29, 0.717) is 6.61 Å². The van der Waals surface area contributed by atoms with Gasteiger partial charge in [-0.15, -0.1) is 0 Å². The third-order valence-electron chi connectivity index (χ3n) is 4.68. The quantitative estimate of drug-likeness (QED) is 0.758. The van der Waals surface area contributed by atoms with Gasteiger partial charge >= 0.3 is 0 Å². The second-order valence-electron chi connectivity index (χ2n) is 6.48. The average molecular weight is 347 g/mol. The predicted molar refractivity (Wildman–Crippen MR) is 99.4 cm³/mol. The Bertz CT molecular complexity index is 904. The lowest BCUT2D eigenvalue weighted by atomic mass is 9.97. The molecule has 1 amide bonds. The van der Waals surface area contributed by atoms with Gasteiger partial charge in [-0.1, -0.05) is 54.6 Å². The van der Waals surface area contributed by atoms with Gasteiger partial charge in [0.2, 0.25) is 0 Å². The highest BCUT2D eigenvalue weighted by Crippen LogP contribution is 2.28. The van der Waals surface area contributed by atoms with Crippen LogP contribution in [0, 0.1) is 0 Å². The predicted octanol–water partition coefficient (Wildman–Crippen LogP) is 3.57. The largest absolute Gasteiger partial charge is 0.363 e. The van der Waals surface area contributed by atoms with Crippen molar-refractivity contribution in [1.82, 2.24) is 15.3 Å². The fourth-order valence-corrected chi connectivity index (χ4v) is 3.29. The maximum Gasteiger partial charge on any atom is 0.254 e. The molecule has 2 heterocycles. The van der Waals surface area contributed by atoms with Crippen LogP contribution in [0.1, 0.15) is 36.0 Å². The van der Waals surface area contributed by atoms with E-state index in [2.05, 4.69) is 21.4 Å². The van der Waals surface area contributed by atoms with Crippen LogP contribution in [0.25, 0.3) is 11.3 Å². The first-order chi connectivity index (χ1) is 12.7. The summed E-state index contributed by atoms with van der Waals surface area (Å²) in [5.74, 6) is 0.587. The van der Waals surface area contributed by atoms with Crippen LogP contribution in [0.2, 0.25) is 0 Å². The van der Waals surface area contributed by atoms with Crippen molar-refractivity contribution in [3.05, 3.63) is 77.7 Å². The zero-order valence-corrected chi connectivity index (χ0v) is 14.6. The van der Waals surface area contributed by atoms with Gasteiger partial charge in [0.05, 0.1) is 24.5 Å². The Labute approximate surface area is 152 Å². The van der Waals surface area contributed by atoms with Gasteiger partial charge in [-0.05, 0) is 30.0 Å². The summed E-state index contributed by atoms with van der Waals surface area (Å²) >= 11 is 0. The molecule has 0 radical (unpaired) electrons. The minimum absolute atomic E-state index is 0.137. The van der Waals surface area contributed by atoms with Crippen molar-refractivity contribution in [3.63, 3.8) is 0 Å². The van der Waals surface area contributed by atoms with Crippen molar-refractivity contribution in [2.75, 3.05) is 6.61 Å². The van der Waals surface area contributed by atoms with Crippen molar-refractivity contribution in [1.29, 1.82) is 0 Å². The first-order valence-electron chi connectivity index (χ1n) is 8.82. The molecule has 26 heavy (non-hydrogen) atoms. The zero-order chi connectivity index (χ0) is 17.9. The van der Waals surface area contributed by atoms with Crippen LogP contribution >= 0.6 is 0 Å². The maximum absolute atomic E-state index is 12.7. The number of rotatable bonds is 4. The number of hydrogen-bond donors (Lipinski definition) is 2. The first kappa shape index (κ1) is 16.5. The summed E-state index contributed by atoms with van der Waals surface area (Å²) in [5, 5.41) is 3.01. The highest BCUT2D eigenvalue weighted by atomic mass is 16.5. The fraction of sp³-hybridized carbons (Fsp3) is 0.238. The Balaban J connectivity index is 1.48. The van der Waals surface area contributed by atoms with E-state index in [1.807, 2.05) is 55.5 Å². The van der Waals surface area contributed by atoms with Crippen LogP contribution < -0.4 is 5.32 Å². The number of amides is 1. The summed E-state index contributed by atoms with van der Waals surface area (Å²) in [7, 11) is 0. The van der Waals surface area contributed by atoms with Gasteiger partial charge in [-0.25, -0.2) is 4.98 Å². The second-order valence-corrected chi connectivity index (χ2v) is 6.48. The number of benzene rings is 2. The minimum atomic E-state index is -0.564. The van der Waals surface area contributed by atoms with E-state index < -0.39 is 6.10 Å². The van der Waals surface area contributed by atoms with E-state index in [9.17, 15) is 4.79 Å². The molecule has 0 fully saturated rings. The lowest BCUT2D eigenvalue weighted by Crippen LogP contribution is -2.35. The minimum Gasteiger partial charge on any atom is -0.363 e. The number of imidazole rings is 1. The summed E-state index contributed by atoms with van der Waals surface area (Å²) in [4.78, 5) is 20.5. The molecule has 0 aliphatic carbocycles. The van der Waals surface area contributed by atoms with Crippen LogP contribution in [0.5, 0.6) is 0 Å². The molecule has 2 N–H and O–H groups in total. The number of ether oxygens (including phenoxy) is 1. The lowest BCUT2D eigenvalue weighted by molar-refractivity contribution is -0.134. The maximum atomic E-state index is 12.7. The summed E-state index contributed by atoms with van der Waals surface area (Å²) in [6.07, 6.45) is 2.07. The van der Waals surface area contributed by atoms with Crippen molar-refractivity contribution in [3.8, 4) is 11.3 Å². The Morgan fingerprint density at radius 2 is 1.96 bits per heavy atom. The molecule has 1 aromatic heterocycles. The summed E-state index contributed by atoms with van der Waals surface area (Å²) in [6.45, 7) is 2.47. The smallest absolute Gasteiger partial charge is 0.254 e. The molecule has 0 bridgehead atoms. The molecule has 2 aromatic carbocycles. The van der Waals surface area contributed by atoms with Gasteiger partial charge in [0, 0.05) is 0 Å². The van der Waals surface area contributed by atoms with Gasteiger partial charge in [0.1, 0.15) is 5.82 Å². The number of aromatic amines is 1. The molecule has 0 saturated heterocycles. The monoisotopic (exact) mass is 347 g/mol. The average Bonchev–Trinajstić information content (AvgIpc) is 3.18. The molecule has 1 aliphatic rings. The Kier molecular flexibility index (Phi) is 4.54. The lowest BCUT2D eigenvalue weighted by Gasteiger charge is -2.26. The Morgan fingerprint density at radius 1 is 1.19 bits per heavy atom. The van der Waals surface area contributed by atoms with Crippen molar-refractivity contribution in [2.24, 2.45) is 0 Å². The zero-order valence-electron chi connectivity index (χ0n) is 14.6. The third-order valence-corrected chi connectivity index (χ3v) is 4.68. The van der Waals surface area contributed by atoms with Crippen LogP contribution in [0.15, 0.2) is 60.8 Å². The summed E-state index contributed by atoms with van der Waals surface area (Å²) < 4.78 is 5.73. The number of carbonyl (C=O) groups excluding carboxylic acids is 1. The number of hydrogen-bond acceptors (Lipinski definition) is 3. The Hall–Kier alpha value is -2.92. The highest BCUT2D eigenvalue weighted by molar-refractivity contribution is 5.83. The third kappa shape index (κ3) is 3.26. The highest BCUT2D eigenvalue weighted by Gasteiger charge is 2.28. The summed E-state index contributed by atoms with van der Waals surface area (Å²) in [5.41, 5.74) is 4.12. The molecule has 3 aromatic rings. The second kappa shape index (κ2) is 7.14. The molecule has 5 nitrogen and oxygen atoms in total. The number of aromatic nitrogens is 2. The van der Waals surface area contributed by atoms with Crippen LogP contribution in [-0.2, 0) is 16.0 Å². The van der Waals surface area contributed by atoms with E-state index in [4.69, 9.17) is 4.74 Å². The molecule has 0 unspecified atom stereocenters. The summed E-state index contributed by atoms with van der Waals surface area (Å²) in [6, 6.07) is 17.7. The Morgan fingerprint density at radius 3 is 2.81 bits per heavy atom. The molecule has 0 saturated carbocycles. The van der Waals surface area contributed by atoms with Crippen LogP contribution in [0.3, 0.4) is 0 Å². The van der Waals surface area contributed by atoms with Crippen molar-refractivity contribution < 1.29 is 9.53 Å². The molecule has 0 spiro atoms. The molecular formula is C21H21N3O2.